The number of carbonyl (C=O) groups excluding carboxylic acids is 2. The number of methoxy groups -OCH3 is 2. The van der Waals surface area contributed by atoms with E-state index in [4.69, 9.17) is 11.6 Å². The lowest BCUT2D eigenvalue weighted by Crippen LogP contribution is -2.15. The summed E-state index contributed by atoms with van der Waals surface area (Å²) in [6.07, 6.45) is 0.797. The number of thioether (sulfide) groups is 1. The number of esters is 2. The number of benzene rings is 1. The summed E-state index contributed by atoms with van der Waals surface area (Å²) in [5.41, 5.74) is -4.81. The van der Waals surface area contributed by atoms with Gasteiger partial charge in [-0.05, 0) is 30.0 Å². The van der Waals surface area contributed by atoms with Crippen molar-refractivity contribution in [1.29, 1.82) is 0 Å². The third-order valence-corrected chi connectivity index (χ3v) is 3.36. The lowest BCUT2D eigenvalue weighted by atomic mass is 10.3. The number of rotatable bonds is 5. The zero-order valence-electron chi connectivity index (χ0n) is 11.9. The summed E-state index contributed by atoms with van der Waals surface area (Å²) in [6, 6.07) is 3.49. The molecule has 126 valence electrons. The zero-order valence-corrected chi connectivity index (χ0v) is 13.4. The number of halogens is 4. The number of anilines is 1. The highest BCUT2D eigenvalue weighted by molar-refractivity contribution is 8.00. The van der Waals surface area contributed by atoms with Gasteiger partial charge in [-0.15, -0.1) is 0 Å². The van der Waals surface area contributed by atoms with Gasteiger partial charge in [-0.25, -0.2) is 9.59 Å². The molecule has 5 nitrogen and oxygen atoms in total. The molecule has 0 bridgehead atoms. The highest BCUT2D eigenvalue weighted by Crippen LogP contribution is 2.39. The van der Waals surface area contributed by atoms with E-state index < -0.39 is 17.4 Å². The first-order valence-corrected chi connectivity index (χ1v) is 7.06. The normalized spacial score (nSPS) is 11.8. The molecule has 0 fully saturated rings. The van der Waals surface area contributed by atoms with E-state index in [9.17, 15) is 22.8 Å². The van der Waals surface area contributed by atoms with Gasteiger partial charge in [0, 0.05) is 4.90 Å². The molecule has 0 unspecified atom stereocenters. The summed E-state index contributed by atoms with van der Waals surface area (Å²) in [7, 11) is 2.17. The number of nitrogens with one attached hydrogen (secondary N) is 1. The summed E-state index contributed by atoms with van der Waals surface area (Å²) in [5.74, 6) is -1.77. The Bertz CT molecular complexity index is 634. The summed E-state index contributed by atoms with van der Waals surface area (Å²) in [5, 5.41) is 2.51. The molecule has 0 heterocycles. The molecule has 0 aromatic heterocycles. The molecular formula is C13H11ClF3NO4S. The molecule has 1 N–H and O–H groups in total. The van der Waals surface area contributed by atoms with E-state index in [1.54, 1.807) is 0 Å². The minimum atomic E-state index is -4.47. The fourth-order valence-electron chi connectivity index (χ4n) is 1.38. The average molecular weight is 370 g/mol. The Morgan fingerprint density at radius 2 is 1.91 bits per heavy atom. The van der Waals surface area contributed by atoms with Gasteiger partial charge >= 0.3 is 17.4 Å². The Hall–Kier alpha value is -1.87. The van der Waals surface area contributed by atoms with E-state index in [1.807, 2.05) is 0 Å². The molecule has 0 aliphatic rings. The fourth-order valence-corrected chi connectivity index (χ4v) is 2.12. The molecule has 0 amide bonds. The highest BCUT2D eigenvalue weighted by Gasteiger charge is 2.29. The van der Waals surface area contributed by atoms with Gasteiger partial charge in [0.15, 0.2) is 0 Å². The molecule has 1 aromatic carbocycles. The van der Waals surface area contributed by atoms with Crippen LogP contribution in [0.4, 0.5) is 18.9 Å². The lowest BCUT2D eigenvalue weighted by molar-refractivity contribution is -0.138. The van der Waals surface area contributed by atoms with Gasteiger partial charge in [0.2, 0.25) is 0 Å². The third kappa shape index (κ3) is 6.41. The van der Waals surface area contributed by atoms with Gasteiger partial charge < -0.3 is 14.8 Å². The van der Waals surface area contributed by atoms with Gasteiger partial charge in [0.25, 0.3) is 0 Å². The second kappa shape index (κ2) is 8.11. The third-order valence-electron chi connectivity index (χ3n) is 2.31. The summed E-state index contributed by atoms with van der Waals surface area (Å²) >= 11 is 5.54. The van der Waals surface area contributed by atoms with Crippen LogP contribution in [0.5, 0.6) is 0 Å². The van der Waals surface area contributed by atoms with Crippen molar-refractivity contribution >= 4 is 41.0 Å². The van der Waals surface area contributed by atoms with Crippen molar-refractivity contribution in [2.24, 2.45) is 0 Å². The van der Waals surface area contributed by atoms with Gasteiger partial charge in [0.1, 0.15) is 5.70 Å². The lowest BCUT2D eigenvalue weighted by Gasteiger charge is -2.12. The number of hydrogen-bond acceptors (Lipinski definition) is 6. The van der Waals surface area contributed by atoms with Gasteiger partial charge in [-0.1, -0.05) is 11.6 Å². The van der Waals surface area contributed by atoms with Crippen molar-refractivity contribution in [3.8, 4) is 0 Å². The Kier molecular flexibility index (Phi) is 6.77. The van der Waals surface area contributed by atoms with E-state index in [-0.39, 0.29) is 33.1 Å². The van der Waals surface area contributed by atoms with Crippen LogP contribution in [0.15, 0.2) is 34.9 Å². The molecular weight excluding hydrogens is 359 g/mol. The maximum absolute atomic E-state index is 12.4. The van der Waals surface area contributed by atoms with E-state index >= 15 is 0 Å². The molecule has 10 heteroatoms. The molecule has 0 spiro atoms. The summed E-state index contributed by atoms with van der Waals surface area (Å²) in [6.45, 7) is 0. The topological polar surface area (TPSA) is 64.6 Å². The SMILES string of the molecule is COC(=O)/C=C(/Nc1cc(SC(F)(F)F)ccc1Cl)C(=O)OC. The molecule has 0 aliphatic carbocycles. The largest absolute Gasteiger partial charge is 0.466 e. The van der Waals surface area contributed by atoms with Crippen molar-refractivity contribution in [2.75, 3.05) is 19.5 Å². The standard InChI is InChI=1S/C13H11ClF3NO4S/c1-21-11(19)6-10(12(20)22-2)18-9-5-7(3-4-8(9)14)23-13(15,16)17/h3-6,18H,1-2H3/b10-6+. The van der Waals surface area contributed by atoms with Crippen LogP contribution < -0.4 is 5.32 Å². The average Bonchev–Trinajstić information content (AvgIpc) is 2.47. The van der Waals surface area contributed by atoms with Crippen molar-refractivity contribution < 1.29 is 32.2 Å². The van der Waals surface area contributed by atoms with E-state index in [1.165, 1.54) is 12.1 Å². The molecule has 0 saturated heterocycles. The molecule has 0 saturated carbocycles. The maximum Gasteiger partial charge on any atom is 0.446 e. The van der Waals surface area contributed by atoms with Crippen LogP contribution in [0.2, 0.25) is 5.02 Å². The first kappa shape index (κ1) is 19.2. The number of carbonyl (C=O) groups is 2. The monoisotopic (exact) mass is 369 g/mol. The van der Waals surface area contributed by atoms with Crippen LogP contribution >= 0.6 is 23.4 Å². The molecule has 0 atom stereocenters. The highest BCUT2D eigenvalue weighted by atomic mass is 35.5. The Morgan fingerprint density at radius 1 is 1.26 bits per heavy atom. The fraction of sp³-hybridized carbons (Fsp3) is 0.231. The van der Waals surface area contributed by atoms with Crippen LogP contribution in [0.1, 0.15) is 0 Å². The molecule has 1 aromatic rings. The first-order valence-electron chi connectivity index (χ1n) is 5.86. The van der Waals surface area contributed by atoms with Gasteiger partial charge in [-0.2, -0.15) is 13.2 Å². The molecule has 23 heavy (non-hydrogen) atoms. The van der Waals surface area contributed by atoms with Gasteiger partial charge in [-0.3, -0.25) is 0 Å². The van der Waals surface area contributed by atoms with Crippen molar-refractivity contribution in [3.63, 3.8) is 0 Å². The minimum absolute atomic E-state index is 0.00136. The maximum atomic E-state index is 12.4. The minimum Gasteiger partial charge on any atom is -0.466 e. The van der Waals surface area contributed by atoms with Crippen molar-refractivity contribution in [3.05, 3.63) is 35.0 Å². The Labute approximate surface area is 138 Å². The number of ether oxygens (including phenoxy) is 2. The molecule has 0 radical (unpaired) electrons. The smallest absolute Gasteiger partial charge is 0.446 e. The van der Waals surface area contributed by atoms with E-state index in [0.29, 0.717) is 0 Å². The second-order valence-electron chi connectivity index (χ2n) is 3.89. The second-order valence-corrected chi connectivity index (χ2v) is 5.43. The first-order chi connectivity index (χ1) is 10.7. The Balaban J connectivity index is 3.13. The number of hydrogen-bond donors (Lipinski definition) is 1. The van der Waals surface area contributed by atoms with Crippen LogP contribution in [0, 0.1) is 0 Å². The Morgan fingerprint density at radius 3 is 2.43 bits per heavy atom. The van der Waals surface area contributed by atoms with Crippen LogP contribution in [0.25, 0.3) is 0 Å². The molecule has 1 rings (SSSR count). The van der Waals surface area contributed by atoms with Crippen molar-refractivity contribution in [2.45, 2.75) is 10.4 Å². The van der Waals surface area contributed by atoms with Crippen LogP contribution in [-0.4, -0.2) is 31.7 Å². The van der Waals surface area contributed by atoms with Crippen molar-refractivity contribution in [1.82, 2.24) is 0 Å². The summed E-state index contributed by atoms with van der Waals surface area (Å²) < 4.78 is 46.1. The quantitative estimate of drug-likeness (QED) is 0.486. The van der Waals surface area contributed by atoms with Crippen LogP contribution in [0.3, 0.4) is 0 Å². The molecule has 0 aliphatic heterocycles. The van der Waals surface area contributed by atoms with Crippen LogP contribution in [-0.2, 0) is 19.1 Å². The number of alkyl halides is 3. The van der Waals surface area contributed by atoms with Gasteiger partial charge in [0.05, 0.1) is 31.0 Å². The predicted molar refractivity (Wildman–Crippen MR) is 79.1 cm³/mol. The predicted octanol–water partition coefficient (Wildman–Crippen LogP) is 3.59. The summed E-state index contributed by atoms with van der Waals surface area (Å²) in [4.78, 5) is 22.7. The van der Waals surface area contributed by atoms with E-state index in [0.717, 1.165) is 26.4 Å². The van der Waals surface area contributed by atoms with E-state index in [2.05, 4.69) is 14.8 Å². The zero-order chi connectivity index (χ0) is 17.6.